The zero-order valence-electron chi connectivity index (χ0n) is 12.1. The van der Waals surface area contributed by atoms with Gasteiger partial charge in [-0.2, -0.15) is 0 Å². The Morgan fingerprint density at radius 2 is 2.21 bits per heavy atom. The largest absolute Gasteiger partial charge is 0.378 e. The minimum Gasteiger partial charge on any atom is -0.378 e. The summed E-state index contributed by atoms with van der Waals surface area (Å²) in [6.07, 6.45) is 9.09. The van der Waals surface area contributed by atoms with E-state index in [2.05, 4.69) is 36.3 Å². The topological polar surface area (TPSA) is 34.1 Å². The first-order valence-electron chi connectivity index (χ1n) is 7.56. The molecular formula is C16H26N2O. The average molecular weight is 262 g/mol. The van der Waals surface area contributed by atoms with Crippen LogP contribution in [0.5, 0.6) is 0 Å². The molecule has 3 unspecified atom stereocenters. The third-order valence-corrected chi connectivity index (χ3v) is 4.13. The Kier molecular flexibility index (Phi) is 5.80. The standard InChI is InChI=1S/C16H26N2O/c1-3-18-16(7-6-15-5-4-12-19-15)13(2)14-8-10-17-11-9-14/h8-11,13,15-16,18H,3-7,12H2,1-2H3. The van der Waals surface area contributed by atoms with Gasteiger partial charge in [0.15, 0.2) is 0 Å². The van der Waals surface area contributed by atoms with Gasteiger partial charge < -0.3 is 10.1 Å². The van der Waals surface area contributed by atoms with Crippen molar-refractivity contribution in [2.24, 2.45) is 0 Å². The van der Waals surface area contributed by atoms with Crippen LogP contribution in [0, 0.1) is 0 Å². The van der Waals surface area contributed by atoms with E-state index in [4.69, 9.17) is 4.74 Å². The molecule has 0 radical (unpaired) electrons. The normalized spacial score (nSPS) is 22.3. The van der Waals surface area contributed by atoms with Crippen molar-refractivity contribution in [3.63, 3.8) is 0 Å². The summed E-state index contributed by atoms with van der Waals surface area (Å²) in [7, 11) is 0. The molecule has 0 aliphatic carbocycles. The molecule has 0 saturated carbocycles. The zero-order valence-corrected chi connectivity index (χ0v) is 12.1. The molecule has 106 valence electrons. The summed E-state index contributed by atoms with van der Waals surface area (Å²) in [6.45, 7) is 6.46. The number of pyridine rings is 1. The van der Waals surface area contributed by atoms with Gasteiger partial charge in [0.2, 0.25) is 0 Å². The van der Waals surface area contributed by atoms with Crippen LogP contribution < -0.4 is 5.32 Å². The quantitative estimate of drug-likeness (QED) is 0.820. The lowest BCUT2D eigenvalue weighted by molar-refractivity contribution is 0.0988. The van der Waals surface area contributed by atoms with Crippen LogP contribution in [-0.4, -0.2) is 30.3 Å². The van der Waals surface area contributed by atoms with Crippen molar-refractivity contribution in [3.8, 4) is 0 Å². The van der Waals surface area contributed by atoms with Gasteiger partial charge in [0.1, 0.15) is 0 Å². The van der Waals surface area contributed by atoms with Crippen molar-refractivity contribution in [2.45, 2.75) is 57.6 Å². The second-order valence-corrected chi connectivity index (χ2v) is 5.45. The molecule has 1 saturated heterocycles. The number of rotatable bonds is 7. The molecule has 1 N–H and O–H groups in total. The van der Waals surface area contributed by atoms with E-state index in [0.29, 0.717) is 18.1 Å². The maximum atomic E-state index is 5.73. The molecule has 3 atom stereocenters. The molecule has 3 heteroatoms. The Hall–Kier alpha value is -0.930. The van der Waals surface area contributed by atoms with Crippen LogP contribution in [0.2, 0.25) is 0 Å². The van der Waals surface area contributed by atoms with Gasteiger partial charge in [-0.15, -0.1) is 0 Å². The highest BCUT2D eigenvalue weighted by atomic mass is 16.5. The molecule has 1 fully saturated rings. The number of hydrogen-bond donors (Lipinski definition) is 1. The van der Waals surface area contributed by atoms with Crippen molar-refractivity contribution < 1.29 is 4.74 Å². The Balaban J connectivity index is 1.90. The third-order valence-electron chi connectivity index (χ3n) is 4.13. The predicted molar refractivity (Wildman–Crippen MR) is 78.3 cm³/mol. The molecule has 1 aromatic rings. The molecule has 19 heavy (non-hydrogen) atoms. The Morgan fingerprint density at radius 3 is 2.84 bits per heavy atom. The molecule has 2 heterocycles. The maximum Gasteiger partial charge on any atom is 0.0576 e. The highest BCUT2D eigenvalue weighted by molar-refractivity contribution is 5.17. The lowest BCUT2D eigenvalue weighted by Crippen LogP contribution is -2.34. The number of aromatic nitrogens is 1. The molecule has 3 nitrogen and oxygen atoms in total. The van der Waals surface area contributed by atoms with Crippen LogP contribution in [0.25, 0.3) is 0 Å². The van der Waals surface area contributed by atoms with Crippen LogP contribution in [0.15, 0.2) is 24.5 Å². The van der Waals surface area contributed by atoms with Crippen LogP contribution >= 0.6 is 0 Å². The lowest BCUT2D eigenvalue weighted by atomic mass is 9.90. The second kappa shape index (κ2) is 7.61. The number of nitrogens with zero attached hydrogens (tertiary/aromatic N) is 1. The fraction of sp³-hybridized carbons (Fsp3) is 0.688. The minimum atomic E-state index is 0.491. The van der Waals surface area contributed by atoms with Gasteiger partial charge in [0, 0.05) is 25.0 Å². The Morgan fingerprint density at radius 1 is 1.42 bits per heavy atom. The third kappa shape index (κ3) is 4.29. The summed E-state index contributed by atoms with van der Waals surface area (Å²) in [5.74, 6) is 0.518. The zero-order chi connectivity index (χ0) is 13.5. The van der Waals surface area contributed by atoms with Crippen molar-refractivity contribution in [3.05, 3.63) is 30.1 Å². The minimum absolute atomic E-state index is 0.491. The molecule has 0 bridgehead atoms. The number of nitrogens with one attached hydrogen (secondary N) is 1. The van der Waals surface area contributed by atoms with Crippen LogP contribution in [0.4, 0.5) is 0 Å². The summed E-state index contributed by atoms with van der Waals surface area (Å²) in [4.78, 5) is 4.10. The molecule has 1 aromatic heterocycles. The highest BCUT2D eigenvalue weighted by Crippen LogP contribution is 2.24. The fourth-order valence-corrected chi connectivity index (χ4v) is 2.93. The molecule has 0 amide bonds. The van der Waals surface area contributed by atoms with E-state index in [-0.39, 0.29) is 0 Å². The lowest BCUT2D eigenvalue weighted by Gasteiger charge is -2.26. The van der Waals surface area contributed by atoms with E-state index in [1.54, 1.807) is 0 Å². The van der Waals surface area contributed by atoms with Gasteiger partial charge in [-0.05, 0) is 55.8 Å². The highest BCUT2D eigenvalue weighted by Gasteiger charge is 2.21. The van der Waals surface area contributed by atoms with E-state index in [1.807, 2.05) is 12.4 Å². The first-order valence-corrected chi connectivity index (χ1v) is 7.56. The van der Waals surface area contributed by atoms with Gasteiger partial charge in [-0.25, -0.2) is 0 Å². The van der Waals surface area contributed by atoms with Crippen LogP contribution in [-0.2, 0) is 4.74 Å². The first-order chi connectivity index (χ1) is 9.31. The van der Waals surface area contributed by atoms with Gasteiger partial charge >= 0.3 is 0 Å². The molecule has 2 rings (SSSR count). The van der Waals surface area contributed by atoms with E-state index in [9.17, 15) is 0 Å². The Labute approximate surface area is 116 Å². The molecular weight excluding hydrogens is 236 g/mol. The molecule has 0 aromatic carbocycles. The number of hydrogen-bond acceptors (Lipinski definition) is 3. The summed E-state index contributed by atoms with van der Waals surface area (Å²) >= 11 is 0. The average Bonchev–Trinajstić information content (AvgIpc) is 2.97. The van der Waals surface area contributed by atoms with E-state index in [1.165, 1.54) is 31.2 Å². The van der Waals surface area contributed by atoms with Crippen molar-refractivity contribution in [1.29, 1.82) is 0 Å². The molecule has 0 spiro atoms. The monoisotopic (exact) mass is 262 g/mol. The fourth-order valence-electron chi connectivity index (χ4n) is 2.93. The van der Waals surface area contributed by atoms with Gasteiger partial charge in [0.25, 0.3) is 0 Å². The predicted octanol–water partition coefficient (Wildman–Crippen LogP) is 3.12. The smallest absolute Gasteiger partial charge is 0.0576 e. The first kappa shape index (κ1) is 14.5. The van der Waals surface area contributed by atoms with Gasteiger partial charge in [-0.3, -0.25) is 4.98 Å². The Bertz CT molecular complexity index is 349. The van der Waals surface area contributed by atoms with Gasteiger partial charge in [-0.1, -0.05) is 13.8 Å². The SMILES string of the molecule is CCNC(CCC1CCCO1)C(C)c1ccncc1. The van der Waals surface area contributed by atoms with E-state index < -0.39 is 0 Å². The van der Waals surface area contributed by atoms with Crippen LogP contribution in [0.3, 0.4) is 0 Å². The summed E-state index contributed by atoms with van der Waals surface area (Å²) < 4.78 is 5.73. The summed E-state index contributed by atoms with van der Waals surface area (Å²) in [6, 6.07) is 4.78. The van der Waals surface area contributed by atoms with Crippen molar-refractivity contribution >= 4 is 0 Å². The number of ether oxygens (including phenoxy) is 1. The maximum absolute atomic E-state index is 5.73. The molecule has 1 aliphatic heterocycles. The number of likely N-dealkylation sites (N-methyl/N-ethyl adjacent to an activating group) is 1. The summed E-state index contributed by atoms with van der Waals surface area (Å²) in [5, 5.41) is 3.63. The van der Waals surface area contributed by atoms with E-state index in [0.717, 1.165) is 13.2 Å². The second-order valence-electron chi connectivity index (χ2n) is 5.45. The summed E-state index contributed by atoms with van der Waals surface area (Å²) in [5.41, 5.74) is 1.37. The van der Waals surface area contributed by atoms with Gasteiger partial charge in [0.05, 0.1) is 6.10 Å². The van der Waals surface area contributed by atoms with Crippen LogP contribution in [0.1, 0.15) is 51.0 Å². The van der Waals surface area contributed by atoms with Crippen molar-refractivity contribution in [2.75, 3.05) is 13.2 Å². The molecule has 1 aliphatic rings. The van der Waals surface area contributed by atoms with Crippen molar-refractivity contribution in [1.82, 2.24) is 10.3 Å². The van der Waals surface area contributed by atoms with E-state index >= 15 is 0 Å².